The Morgan fingerprint density at radius 1 is 1.57 bits per heavy atom. The zero-order chi connectivity index (χ0) is 6.08. The van der Waals surface area contributed by atoms with E-state index >= 15 is 0 Å². The highest BCUT2D eigenvalue weighted by Crippen LogP contribution is 2.15. The molecule has 7 heavy (non-hydrogen) atoms. The Bertz CT molecular complexity index is 80.6. The number of alkyl halides is 1. The lowest BCUT2D eigenvalue weighted by Crippen LogP contribution is -2.19. The van der Waals surface area contributed by atoms with Crippen LogP contribution >= 0.6 is 15.9 Å². The summed E-state index contributed by atoms with van der Waals surface area (Å²) in [4.78, 5) is 10.4. The molecule has 0 fully saturated rings. The van der Waals surface area contributed by atoms with Crippen molar-refractivity contribution in [1.82, 2.24) is 0 Å². The van der Waals surface area contributed by atoms with E-state index in [1.165, 1.54) is 0 Å². The summed E-state index contributed by atoms with van der Waals surface area (Å²) < 4.78 is -0.326. The zero-order valence-electron chi connectivity index (χ0n) is 4.79. The standard InChI is InChI=1S/C5H9BrO/c1-4(7)5(2,3)6/h1-3H3. The SMILES string of the molecule is CC(=O)C(C)(C)Br. The van der Waals surface area contributed by atoms with E-state index in [-0.39, 0.29) is 10.1 Å². The summed E-state index contributed by atoms with van der Waals surface area (Å²) >= 11 is 3.19. The molecule has 0 aliphatic heterocycles. The molecule has 0 aliphatic carbocycles. The highest BCUT2D eigenvalue weighted by atomic mass is 79.9. The van der Waals surface area contributed by atoms with Gasteiger partial charge in [-0.25, -0.2) is 0 Å². The minimum Gasteiger partial charge on any atom is -0.298 e. The van der Waals surface area contributed by atoms with E-state index in [0.717, 1.165) is 0 Å². The maximum atomic E-state index is 10.4. The maximum Gasteiger partial charge on any atom is 0.145 e. The molecule has 0 aromatic rings. The minimum atomic E-state index is -0.326. The topological polar surface area (TPSA) is 17.1 Å². The normalized spacial score (nSPS) is 11.4. The van der Waals surface area contributed by atoms with E-state index in [4.69, 9.17) is 0 Å². The first-order chi connectivity index (χ1) is 2.94. The smallest absolute Gasteiger partial charge is 0.145 e. The van der Waals surface area contributed by atoms with Crippen molar-refractivity contribution in [1.29, 1.82) is 0 Å². The minimum absolute atomic E-state index is 0.160. The summed E-state index contributed by atoms with van der Waals surface area (Å²) in [7, 11) is 0. The Labute approximate surface area is 52.2 Å². The molecule has 0 saturated carbocycles. The number of hydrogen-bond donors (Lipinski definition) is 0. The lowest BCUT2D eigenvalue weighted by atomic mass is 10.1. The number of rotatable bonds is 1. The van der Waals surface area contributed by atoms with Crippen molar-refractivity contribution in [2.45, 2.75) is 25.1 Å². The Kier molecular flexibility index (Phi) is 1.99. The summed E-state index contributed by atoms with van der Waals surface area (Å²) in [5.41, 5.74) is 0. The third kappa shape index (κ3) is 2.80. The molecular formula is C5H9BrO. The fourth-order valence-electron chi connectivity index (χ4n) is 0. The first-order valence-corrected chi connectivity index (χ1v) is 2.94. The molecule has 0 spiro atoms. The van der Waals surface area contributed by atoms with Gasteiger partial charge in [-0.1, -0.05) is 15.9 Å². The number of halogens is 1. The number of hydrogen-bond acceptors (Lipinski definition) is 1. The first-order valence-electron chi connectivity index (χ1n) is 2.14. The van der Waals surface area contributed by atoms with Crippen LogP contribution in [0.4, 0.5) is 0 Å². The predicted octanol–water partition coefficient (Wildman–Crippen LogP) is 1.75. The second-order valence-electron chi connectivity index (χ2n) is 2.03. The molecule has 42 valence electrons. The third-order valence-corrected chi connectivity index (χ3v) is 1.40. The van der Waals surface area contributed by atoms with Gasteiger partial charge in [-0.3, -0.25) is 4.79 Å². The molecule has 1 nitrogen and oxygen atoms in total. The van der Waals surface area contributed by atoms with E-state index in [0.29, 0.717) is 0 Å². The van der Waals surface area contributed by atoms with E-state index in [1.807, 2.05) is 13.8 Å². The van der Waals surface area contributed by atoms with Crippen molar-refractivity contribution in [3.05, 3.63) is 0 Å². The molecule has 0 unspecified atom stereocenters. The van der Waals surface area contributed by atoms with Crippen LogP contribution in [-0.4, -0.2) is 10.1 Å². The fourth-order valence-corrected chi connectivity index (χ4v) is 0. The van der Waals surface area contributed by atoms with E-state index < -0.39 is 0 Å². The fraction of sp³-hybridized carbons (Fsp3) is 0.800. The van der Waals surface area contributed by atoms with Crippen LogP contribution in [0.3, 0.4) is 0 Å². The Balaban J connectivity index is 3.79. The zero-order valence-corrected chi connectivity index (χ0v) is 6.37. The molecule has 0 saturated heterocycles. The van der Waals surface area contributed by atoms with Gasteiger partial charge in [0.05, 0.1) is 4.32 Å². The maximum absolute atomic E-state index is 10.4. The van der Waals surface area contributed by atoms with Gasteiger partial charge in [0.25, 0.3) is 0 Å². The van der Waals surface area contributed by atoms with Crippen LogP contribution in [-0.2, 0) is 4.79 Å². The van der Waals surface area contributed by atoms with Gasteiger partial charge in [-0.05, 0) is 20.8 Å². The monoisotopic (exact) mass is 164 g/mol. The van der Waals surface area contributed by atoms with Gasteiger partial charge in [0.15, 0.2) is 0 Å². The van der Waals surface area contributed by atoms with Crippen molar-refractivity contribution >= 4 is 21.7 Å². The largest absolute Gasteiger partial charge is 0.298 e. The number of carbonyl (C=O) groups is 1. The summed E-state index contributed by atoms with van der Waals surface area (Å²) in [6.45, 7) is 5.22. The average molecular weight is 165 g/mol. The molecule has 0 heterocycles. The van der Waals surface area contributed by atoms with Crippen molar-refractivity contribution in [2.75, 3.05) is 0 Å². The third-order valence-electron chi connectivity index (χ3n) is 0.837. The van der Waals surface area contributed by atoms with Gasteiger partial charge in [0.1, 0.15) is 5.78 Å². The van der Waals surface area contributed by atoms with Crippen molar-refractivity contribution in [3.63, 3.8) is 0 Å². The van der Waals surface area contributed by atoms with Crippen molar-refractivity contribution in [3.8, 4) is 0 Å². The molecule has 0 bridgehead atoms. The van der Waals surface area contributed by atoms with Crippen LogP contribution in [0.2, 0.25) is 0 Å². The summed E-state index contributed by atoms with van der Waals surface area (Å²) in [6, 6.07) is 0. The number of carbonyl (C=O) groups excluding carboxylic acids is 1. The second kappa shape index (κ2) is 1.95. The van der Waals surface area contributed by atoms with Crippen LogP contribution in [0.25, 0.3) is 0 Å². The Morgan fingerprint density at radius 2 is 1.71 bits per heavy atom. The molecule has 0 N–H and O–H groups in total. The van der Waals surface area contributed by atoms with Crippen LogP contribution < -0.4 is 0 Å². The van der Waals surface area contributed by atoms with Crippen LogP contribution in [0, 0.1) is 0 Å². The second-order valence-corrected chi connectivity index (χ2v) is 4.01. The Hall–Kier alpha value is 0.150. The lowest BCUT2D eigenvalue weighted by molar-refractivity contribution is -0.118. The molecule has 0 atom stereocenters. The average Bonchev–Trinajstić information content (AvgIpc) is 1.31. The van der Waals surface area contributed by atoms with E-state index in [9.17, 15) is 4.79 Å². The lowest BCUT2D eigenvalue weighted by Gasteiger charge is -2.08. The summed E-state index contributed by atoms with van der Waals surface area (Å²) in [6.07, 6.45) is 0. The quantitative estimate of drug-likeness (QED) is 0.541. The van der Waals surface area contributed by atoms with E-state index in [1.54, 1.807) is 6.92 Å². The van der Waals surface area contributed by atoms with Crippen molar-refractivity contribution < 1.29 is 4.79 Å². The van der Waals surface area contributed by atoms with Gasteiger partial charge in [-0.2, -0.15) is 0 Å². The van der Waals surface area contributed by atoms with Gasteiger partial charge in [-0.15, -0.1) is 0 Å². The highest BCUT2D eigenvalue weighted by molar-refractivity contribution is 9.10. The molecule has 0 amide bonds. The molecule has 0 rings (SSSR count). The molecule has 2 heteroatoms. The molecule has 0 aromatic carbocycles. The van der Waals surface area contributed by atoms with Crippen LogP contribution in [0.15, 0.2) is 0 Å². The van der Waals surface area contributed by atoms with E-state index in [2.05, 4.69) is 15.9 Å². The number of Topliss-reactive ketones (excluding diaryl/α,β-unsaturated/α-hetero) is 1. The predicted molar refractivity (Wildman–Crippen MR) is 33.7 cm³/mol. The summed E-state index contributed by atoms with van der Waals surface area (Å²) in [5.74, 6) is 0.160. The van der Waals surface area contributed by atoms with Gasteiger partial charge < -0.3 is 0 Å². The molecular weight excluding hydrogens is 156 g/mol. The van der Waals surface area contributed by atoms with Crippen LogP contribution in [0.1, 0.15) is 20.8 Å². The molecule has 0 radical (unpaired) electrons. The van der Waals surface area contributed by atoms with Gasteiger partial charge in [0.2, 0.25) is 0 Å². The van der Waals surface area contributed by atoms with Gasteiger partial charge in [0, 0.05) is 0 Å². The van der Waals surface area contributed by atoms with Gasteiger partial charge >= 0.3 is 0 Å². The molecule has 0 aromatic heterocycles. The Morgan fingerprint density at radius 3 is 1.71 bits per heavy atom. The van der Waals surface area contributed by atoms with Crippen molar-refractivity contribution in [2.24, 2.45) is 0 Å². The summed E-state index contributed by atoms with van der Waals surface area (Å²) in [5, 5.41) is 0. The molecule has 0 aliphatic rings. The first kappa shape index (κ1) is 7.15. The number of ketones is 1. The van der Waals surface area contributed by atoms with Crippen LogP contribution in [0.5, 0.6) is 0 Å². The highest BCUT2D eigenvalue weighted by Gasteiger charge is 2.17.